The predicted molar refractivity (Wildman–Crippen MR) is 129 cm³/mol. The number of phenolic OH excluding ortho intramolecular Hbond substituents is 1. The van der Waals surface area contributed by atoms with Crippen molar-refractivity contribution in [3.05, 3.63) is 134 Å². The Kier molecular flexibility index (Phi) is 5.36. The number of benzene rings is 4. The van der Waals surface area contributed by atoms with Crippen LogP contribution in [-0.2, 0) is 10.3 Å². The summed E-state index contributed by atoms with van der Waals surface area (Å²) < 4.78 is 7.28. The first-order chi connectivity index (χ1) is 16.0. The summed E-state index contributed by atoms with van der Waals surface area (Å²) in [7, 11) is 0. The number of para-hydroxylation sites is 1. The zero-order chi connectivity index (χ0) is 23.0. The van der Waals surface area contributed by atoms with Crippen LogP contribution in [0.2, 0.25) is 0 Å². The number of hydrogen-bond acceptors (Lipinski definition) is 5. The van der Waals surface area contributed by atoms with E-state index in [0.29, 0.717) is 4.47 Å². The number of phenols is 1. The second-order valence-corrected chi connectivity index (χ2v) is 8.64. The number of nitro groups is 1. The molecule has 0 fully saturated rings. The fraction of sp³-hybridized carbons (Fsp3) is 0.0769. The molecule has 0 radical (unpaired) electrons. The second-order valence-electron chi connectivity index (χ2n) is 7.72. The van der Waals surface area contributed by atoms with Crippen LogP contribution in [0.3, 0.4) is 0 Å². The Morgan fingerprint density at radius 3 is 2.09 bits per heavy atom. The van der Waals surface area contributed by atoms with E-state index in [0.717, 1.165) is 22.4 Å². The molecule has 1 unspecified atom stereocenters. The minimum Gasteiger partial charge on any atom is -0.502 e. The zero-order valence-corrected chi connectivity index (χ0v) is 18.9. The van der Waals surface area contributed by atoms with E-state index in [1.165, 1.54) is 6.07 Å². The monoisotopic (exact) mass is 502 g/mol. The van der Waals surface area contributed by atoms with E-state index in [9.17, 15) is 15.2 Å². The van der Waals surface area contributed by atoms with Crippen LogP contribution in [0.4, 0.5) is 11.4 Å². The molecule has 0 saturated carbocycles. The van der Waals surface area contributed by atoms with Gasteiger partial charge in [-0.25, -0.2) is 0 Å². The molecule has 33 heavy (non-hydrogen) atoms. The quantitative estimate of drug-likeness (QED) is 0.246. The number of fused-ring (bicyclic) bond motifs is 1. The lowest BCUT2D eigenvalue weighted by atomic mass is 9.78. The van der Waals surface area contributed by atoms with Crippen LogP contribution in [0.15, 0.2) is 102 Å². The summed E-state index contributed by atoms with van der Waals surface area (Å²) in [5.74, 6) is -0.435. The lowest BCUT2D eigenvalue weighted by molar-refractivity contribution is -0.386. The van der Waals surface area contributed by atoms with Crippen molar-refractivity contribution < 1.29 is 14.8 Å². The van der Waals surface area contributed by atoms with Gasteiger partial charge in [0.1, 0.15) is 5.60 Å². The average molecular weight is 503 g/mol. The lowest BCUT2D eigenvalue weighted by Crippen LogP contribution is -2.40. The molecule has 1 atom stereocenters. The van der Waals surface area contributed by atoms with Crippen LogP contribution in [0, 0.1) is 10.1 Å². The summed E-state index contributed by atoms with van der Waals surface area (Å²) in [5.41, 5.74) is 2.37. The zero-order valence-electron chi connectivity index (χ0n) is 17.3. The molecular weight excluding hydrogens is 484 g/mol. The molecule has 1 aliphatic heterocycles. The van der Waals surface area contributed by atoms with Gasteiger partial charge in [-0.1, -0.05) is 94.8 Å². The van der Waals surface area contributed by atoms with Crippen molar-refractivity contribution >= 4 is 27.3 Å². The van der Waals surface area contributed by atoms with Gasteiger partial charge in [0.05, 0.1) is 10.5 Å². The highest BCUT2D eigenvalue weighted by molar-refractivity contribution is 9.10. The van der Waals surface area contributed by atoms with Crippen LogP contribution >= 0.6 is 15.9 Å². The summed E-state index contributed by atoms with van der Waals surface area (Å²) in [6, 6.07) is 30.4. The summed E-state index contributed by atoms with van der Waals surface area (Å²) in [6.45, 7) is 0. The number of anilines is 1. The molecule has 0 aliphatic carbocycles. The van der Waals surface area contributed by atoms with Gasteiger partial charge in [-0.15, -0.1) is 0 Å². The summed E-state index contributed by atoms with van der Waals surface area (Å²) in [5, 5.41) is 25.7. The molecular formula is C26H19BrN2O4. The van der Waals surface area contributed by atoms with Crippen molar-refractivity contribution in [1.29, 1.82) is 0 Å². The maximum atomic E-state index is 11.5. The van der Waals surface area contributed by atoms with Gasteiger partial charge in [-0.05, 0) is 23.3 Å². The second kappa shape index (κ2) is 8.35. The largest absolute Gasteiger partial charge is 0.502 e. The SMILES string of the molecule is O=[N+]([O-])c1cc(Br)cc(C2Nc3ccccc3C(c3ccccc3)(c3ccccc3)O2)c1O. The van der Waals surface area contributed by atoms with Crippen LogP contribution in [0.25, 0.3) is 0 Å². The first-order valence-corrected chi connectivity index (χ1v) is 11.1. The number of hydrogen-bond donors (Lipinski definition) is 2. The van der Waals surface area contributed by atoms with Gasteiger partial charge < -0.3 is 15.2 Å². The van der Waals surface area contributed by atoms with Gasteiger partial charge in [0.2, 0.25) is 5.75 Å². The highest BCUT2D eigenvalue weighted by Gasteiger charge is 2.45. The first kappa shape index (κ1) is 21.2. The Labute approximate surface area is 198 Å². The van der Waals surface area contributed by atoms with E-state index in [2.05, 4.69) is 21.2 Å². The molecule has 0 spiro atoms. The summed E-state index contributed by atoms with van der Waals surface area (Å²) in [6.07, 6.45) is -0.864. The molecule has 0 bridgehead atoms. The molecule has 6 nitrogen and oxygen atoms in total. The maximum Gasteiger partial charge on any atom is 0.312 e. The lowest BCUT2D eigenvalue weighted by Gasteiger charge is -2.44. The standard InChI is InChI=1S/C26H19BrN2O4/c27-19-15-20(24(30)23(16-19)29(31)32)25-28-22-14-8-7-13-21(22)26(33-25,17-9-3-1-4-10-17)18-11-5-2-6-12-18/h1-16,25,28,30H. The third-order valence-corrected chi connectivity index (χ3v) is 6.27. The van der Waals surface area contributed by atoms with E-state index < -0.39 is 28.2 Å². The molecule has 1 aliphatic rings. The molecule has 4 aromatic rings. The molecule has 0 amide bonds. The van der Waals surface area contributed by atoms with E-state index in [1.807, 2.05) is 84.9 Å². The highest BCUT2D eigenvalue weighted by atomic mass is 79.9. The summed E-state index contributed by atoms with van der Waals surface area (Å²) in [4.78, 5) is 10.9. The topological polar surface area (TPSA) is 84.6 Å². The Bertz CT molecular complexity index is 1290. The van der Waals surface area contributed by atoms with Crippen LogP contribution in [0.5, 0.6) is 5.75 Å². The summed E-state index contributed by atoms with van der Waals surface area (Å²) >= 11 is 3.33. The fourth-order valence-electron chi connectivity index (χ4n) is 4.37. The van der Waals surface area contributed by atoms with Crippen molar-refractivity contribution in [3.63, 3.8) is 0 Å². The number of nitrogens with one attached hydrogen (secondary N) is 1. The molecule has 1 heterocycles. The van der Waals surface area contributed by atoms with Gasteiger partial charge >= 0.3 is 5.69 Å². The van der Waals surface area contributed by atoms with Gasteiger partial charge in [-0.3, -0.25) is 10.1 Å². The number of halogens is 1. The van der Waals surface area contributed by atoms with Gasteiger partial charge in [0.15, 0.2) is 6.23 Å². The first-order valence-electron chi connectivity index (χ1n) is 10.3. The minimum atomic E-state index is -1.02. The normalized spacial score (nSPS) is 16.5. The molecule has 164 valence electrons. The molecule has 2 N–H and O–H groups in total. The third kappa shape index (κ3) is 3.55. The van der Waals surface area contributed by atoms with Crippen molar-refractivity contribution in [2.45, 2.75) is 11.8 Å². The van der Waals surface area contributed by atoms with Crippen LogP contribution in [0.1, 0.15) is 28.5 Å². The fourth-order valence-corrected chi connectivity index (χ4v) is 4.84. The van der Waals surface area contributed by atoms with E-state index >= 15 is 0 Å². The molecule has 7 heteroatoms. The number of aromatic hydroxyl groups is 1. The van der Waals surface area contributed by atoms with Gasteiger partial charge in [-0.2, -0.15) is 0 Å². The van der Waals surface area contributed by atoms with E-state index in [4.69, 9.17) is 4.74 Å². The van der Waals surface area contributed by atoms with Crippen molar-refractivity contribution in [1.82, 2.24) is 0 Å². The Morgan fingerprint density at radius 2 is 1.48 bits per heavy atom. The minimum absolute atomic E-state index is 0.266. The molecule has 4 aromatic carbocycles. The Hall–Kier alpha value is -3.68. The number of nitrogens with zero attached hydrogens (tertiary/aromatic N) is 1. The average Bonchev–Trinajstić information content (AvgIpc) is 2.85. The highest BCUT2D eigenvalue weighted by Crippen LogP contribution is 2.51. The third-order valence-electron chi connectivity index (χ3n) is 5.81. The van der Waals surface area contributed by atoms with Gasteiger partial charge in [0.25, 0.3) is 0 Å². The van der Waals surface area contributed by atoms with Crippen molar-refractivity contribution in [3.8, 4) is 5.75 Å². The van der Waals surface area contributed by atoms with Crippen molar-refractivity contribution in [2.24, 2.45) is 0 Å². The van der Waals surface area contributed by atoms with Crippen LogP contribution in [-0.4, -0.2) is 10.0 Å². The molecule has 0 saturated heterocycles. The predicted octanol–water partition coefficient (Wildman–Crippen LogP) is 6.50. The molecule has 5 rings (SSSR count). The number of rotatable bonds is 4. The number of ether oxygens (including phenoxy) is 1. The maximum absolute atomic E-state index is 11.5. The number of nitro benzene ring substituents is 1. The van der Waals surface area contributed by atoms with Gasteiger partial charge in [0, 0.05) is 21.8 Å². The smallest absolute Gasteiger partial charge is 0.312 e. The Balaban J connectivity index is 1.79. The van der Waals surface area contributed by atoms with Crippen molar-refractivity contribution in [2.75, 3.05) is 5.32 Å². The van der Waals surface area contributed by atoms with Crippen LogP contribution < -0.4 is 5.32 Å². The molecule has 0 aromatic heterocycles. The van der Waals surface area contributed by atoms with E-state index in [1.54, 1.807) is 6.07 Å². The van der Waals surface area contributed by atoms with E-state index in [-0.39, 0.29) is 5.56 Å². The Morgan fingerprint density at radius 1 is 0.909 bits per heavy atom.